The van der Waals surface area contributed by atoms with Gasteiger partial charge in [0.05, 0.1) is 5.02 Å². The van der Waals surface area contributed by atoms with Crippen molar-refractivity contribution in [1.29, 1.82) is 0 Å². The third-order valence-corrected chi connectivity index (χ3v) is 3.12. The van der Waals surface area contributed by atoms with Crippen LogP contribution in [0.4, 0.5) is 0 Å². The molecular weight excluding hydrogens is 255 g/mol. The Labute approximate surface area is 111 Å². The van der Waals surface area contributed by atoms with Gasteiger partial charge in [-0.15, -0.1) is 11.6 Å². The highest BCUT2D eigenvalue weighted by Crippen LogP contribution is 2.29. The predicted molar refractivity (Wildman–Crippen MR) is 72.3 cm³/mol. The van der Waals surface area contributed by atoms with E-state index >= 15 is 0 Å². The van der Waals surface area contributed by atoms with Crippen molar-refractivity contribution in [3.8, 4) is 11.5 Å². The number of aryl methyl sites for hydroxylation is 1. The molecule has 0 radical (unpaired) electrons. The van der Waals surface area contributed by atoms with Crippen molar-refractivity contribution in [1.82, 2.24) is 0 Å². The summed E-state index contributed by atoms with van der Waals surface area (Å²) in [5.41, 5.74) is 2.22. The lowest BCUT2D eigenvalue weighted by atomic mass is 10.1. The Morgan fingerprint density at radius 2 is 1.88 bits per heavy atom. The van der Waals surface area contributed by atoms with Crippen LogP contribution in [0.1, 0.15) is 11.1 Å². The molecule has 0 aromatic heterocycles. The van der Waals surface area contributed by atoms with E-state index in [9.17, 15) is 0 Å². The van der Waals surface area contributed by atoms with Gasteiger partial charge in [0.25, 0.3) is 0 Å². The van der Waals surface area contributed by atoms with E-state index in [1.54, 1.807) is 6.07 Å². The van der Waals surface area contributed by atoms with Crippen LogP contribution in [0.25, 0.3) is 0 Å². The van der Waals surface area contributed by atoms with E-state index in [0.717, 1.165) is 16.9 Å². The van der Waals surface area contributed by atoms with Crippen molar-refractivity contribution in [2.75, 3.05) is 0 Å². The third kappa shape index (κ3) is 2.93. The van der Waals surface area contributed by atoms with Gasteiger partial charge in [0.1, 0.15) is 11.5 Å². The maximum Gasteiger partial charge on any atom is 0.146 e. The van der Waals surface area contributed by atoms with Crippen LogP contribution in [0.2, 0.25) is 5.02 Å². The van der Waals surface area contributed by atoms with E-state index in [-0.39, 0.29) is 0 Å². The smallest absolute Gasteiger partial charge is 0.146 e. The number of benzene rings is 2. The molecule has 0 aliphatic carbocycles. The first-order valence-corrected chi connectivity index (χ1v) is 6.20. The Morgan fingerprint density at radius 3 is 2.53 bits per heavy atom. The fourth-order valence-electron chi connectivity index (χ4n) is 1.54. The molecule has 0 aliphatic rings. The monoisotopic (exact) mass is 266 g/mol. The van der Waals surface area contributed by atoms with E-state index in [1.807, 2.05) is 43.3 Å². The minimum Gasteiger partial charge on any atom is -0.456 e. The van der Waals surface area contributed by atoms with Gasteiger partial charge in [-0.25, -0.2) is 0 Å². The lowest BCUT2D eigenvalue weighted by Crippen LogP contribution is -1.89. The van der Waals surface area contributed by atoms with Gasteiger partial charge >= 0.3 is 0 Å². The molecule has 0 N–H and O–H groups in total. The van der Waals surface area contributed by atoms with Crippen LogP contribution in [0.15, 0.2) is 42.5 Å². The summed E-state index contributed by atoms with van der Waals surface area (Å²) in [4.78, 5) is 0. The number of rotatable bonds is 3. The Kier molecular flexibility index (Phi) is 3.93. The quantitative estimate of drug-likeness (QED) is 0.696. The lowest BCUT2D eigenvalue weighted by Gasteiger charge is -2.09. The first-order chi connectivity index (χ1) is 8.20. The number of para-hydroxylation sites is 1. The molecule has 0 bridgehead atoms. The molecule has 2 rings (SSSR count). The van der Waals surface area contributed by atoms with Crippen LogP contribution >= 0.6 is 23.2 Å². The van der Waals surface area contributed by atoms with Crippen LogP contribution < -0.4 is 4.74 Å². The molecule has 0 amide bonds. The van der Waals surface area contributed by atoms with Gasteiger partial charge in [0.15, 0.2) is 0 Å². The van der Waals surface area contributed by atoms with Crippen molar-refractivity contribution in [2.24, 2.45) is 0 Å². The summed E-state index contributed by atoms with van der Waals surface area (Å²) >= 11 is 11.8. The highest BCUT2D eigenvalue weighted by molar-refractivity contribution is 6.32. The van der Waals surface area contributed by atoms with Crippen LogP contribution in [0, 0.1) is 6.92 Å². The summed E-state index contributed by atoms with van der Waals surface area (Å²) in [6.45, 7) is 2.01. The Balaban J connectivity index is 2.25. The molecule has 0 unspecified atom stereocenters. The Bertz CT molecular complexity index is 523. The maximum absolute atomic E-state index is 6.03. The summed E-state index contributed by atoms with van der Waals surface area (Å²) in [6.07, 6.45) is 0. The summed E-state index contributed by atoms with van der Waals surface area (Å²) in [6, 6.07) is 13.2. The molecule has 0 atom stereocenters. The largest absolute Gasteiger partial charge is 0.456 e. The van der Waals surface area contributed by atoms with Gasteiger partial charge in [-0.05, 0) is 42.3 Å². The zero-order chi connectivity index (χ0) is 12.3. The predicted octanol–water partition coefficient (Wildman–Crippen LogP) is 5.18. The Morgan fingerprint density at radius 1 is 1.12 bits per heavy atom. The van der Waals surface area contributed by atoms with Crippen LogP contribution in [-0.2, 0) is 5.88 Å². The van der Waals surface area contributed by atoms with E-state index in [0.29, 0.717) is 16.7 Å². The molecule has 0 saturated heterocycles. The summed E-state index contributed by atoms with van der Waals surface area (Å²) < 4.78 is 5.71. The topological polar surface area (TPSA) is 9.23 Å². The second kappa shape index (κ2) is 5.44. The SMILES string of the molecule is Cc1cc(Oc2ccccc2Cl)ccc1CCl. The summed E-state index contributed by atoms with van der Waals surface area (Å²) in [5, 5.41) is 0.603. The van der Waals surface area contributed by atoms with Gasteiger partial charge < -0.3 is 4.74 Å². The Hall–Kier alpha value is -1.18. The van der Waals surface area contributed by atoms with Crippen LogP contribution in [-0.4, -0.2) is 0 Å². The summed E-state index contributed by atoms with van der Waals surface area (Å²) in [7, 11) is 0. The van der Waals surface area contributed by atoms with E-state index in [1.165, 1.54) is 0 Å². The average Bonchev–Trinajstić information content (AvgIpc) is 2.32. The van der Waals surface area contributed by atoms with Crippen molar-refractivity contribution in [2.45, 2.75) is 12.8 Å². The minimum absolute atomic E-state index is 0.512. The highest BCUT2D eigenvalue weighted by atomic mass is 35.5. The third-order valence-electron chi connectivity index (χ3n) is 2.52. The summed E-state index contributed by atoms with van der Waals surface area (Å²) in [5.74, 6) is 1.94. The van der Waals surface area contributed by atoms with Crippen molar-refractivity contribution in [3.63, 3.8) is 0 Å². The average molecular weight is 267 g/mol. The molecule has 0 spiro atoms. The molecule has 17 heavy (non-hydrogen) atoms. The van der Waals surface area contributed by atoms with E-state index < -0.39 is 0 Å². The maximum atomic E-state index is 6.03. The number of hydrogen-bond acceptors (Lipinski definition) is 1. The van der Waals surface area contributed by atoms with Gasteiger partial charge in [-0.3, -0.25) is 0 Å². The molecule has 1 nitrogen and oxygen atoms in total. The molecule has 0 aliphatic heterocycles. The number of ether oxygens (including phenoxy) is 1. The van der Waals surface area contributed by atoms with Crippen LogP contribution in [0.3, 0.4) is 0 Å². The number of hydrogen-bond donors (Lipinski definition) is 0. The number of alkyl halides is 1. The van der Waals surface area contributed by atoms with Crippen molar-refractivity contribution >= 4 is 23.2 Å². The number of halogens is 2. The fraction of sp³-hybridized carbons (Fsp3) is 0.143. The first-order valence-electron chi connectivity index (χ1n) is 5.28. The van der Waals surface area contributed by atoms with Gasteiger partial charge in [0.2, 0.25) is 0 Å². The lowest BCUT2D eigenvalue weighted by molar-refractivity contribution is 0.482. The highest BCUT2D eigenvalue weighted by Gasteiger charge is 2.04. The van der Waals surface area contributed by atoms with E-state index in [2.05, 4.69) is 0 Å². The van der Waals surface area contributed by atoms with Crippen LogP contribution in [0.5, 0.6) is 11.5 Å². The second-order valence-electron chi connectivity index (χ2n) is 3.75. The van der Waals surface area contributed by atoms with Gasteiger partial charge in [-0.1, -0.05) is 29.8 Å². The van der Waals surface area contributed by atoms with Gasteiger partial charge in [-0.2, -0.15) is 0 Å². The normalized spacial score (nSPS) is 10.3. The zero-order valence-electron chi connectivity index (χ0n) is 9.41. The standard InChI is InChI=1S/C14H12Cl2O/c1-10-8-12(7-6-11(10)9-15)17-14-5-3-2-4-13(14)16/h2-8H,9H2,1H3. The molecule has 3 heteroatoms. The van der Waals surface area contributed by atoms with Gasteiger partial charge in [0, 0.05) is 5.88 Å². The molecule has 2 aromatic carbocycles. The second-order valence-corrected chi connectivity index (χ2v) is 4.43. The van der Waals surface area contributed by atoms with Crippen molar-refractivity contribution < 1.29 is 4.74 Å². The molecule has 0 fully saturated rings. The molecular formula is C14H12Cl2O. The fourth-order valence-corrected chi connectivity index (χ4v) is 2.01. The van der Waals surface area contributed by atoms with Crippen molar-refractivity contribution in [3.05, 3.63) is 58.6 Å². The minimum atomic E-state index is 0.512. The molecule has 2 aromatic rings. The first kappa shape index (κ1) is 12.3. The molecule has 88 valence electrons. The molecule has 0 saturated carbocycles. The molecule has 0 heterocycles. The van der Waals surface area contributed by atoms with E-state index in [4.69, 9.17) is 27.9 Å². The zero-order valence-corrected chi connectivity index (χ0v) is 10.9.